The molecule has 0 bridgehead atoms. The first-order valence-electron chi connectivity index (χ1n) is 9.33. The fourth-order valence-electron chi connectivity index (χ4n) is 3.54. The molecule has 3 aromatic rings. The highest BCUT2D eigenvalue weighted by atomic mass is 16.3. The Morgan fingerprint density at radius 2 is 1.66 bits per heavy atom. The summed E-state index contributed by atoms with van der Waals surface area (Å²) >= 11 is 0. The van der Waals surface area contributed by atoms with E-state index >= 15 is 0 Å². The van der Waals surface area contributed by atoms with E-state index < -0.39 is 17.7 Å². The molecule has 5 nitrogen and oxygen atoms in total. The molecule has 1 unspecified atom stereocenters. The summed E-state index contributed by atoms with van der Waals surface area (Å²) in [6, 6.07) is 18.9. The fraction of sp³-hybridized carbons (Fsp3) is 0.125. The van der Waals surface area contributed by atoms with Gasteiger partial charge in [0.25, 0.3) is 11.7 Å². The second-order valence-corrected chi connectivity index (χ2v) is 7.06. The highest BCUT2D eigenvalue weighted by Gasteiger charge is 2.47. The lowest BCUT2D eigenvalue weighted by molar-refractivity contribution is -0.132. The van der Waals surface area contributed by atoms with Gasteiger partial charge < -0.3 is 5.11 Å². The second-order valence-electron chi connectivity index (χ2n) is 7.06. The maximum absolute atomic E-state index is 13.0. The molecule has 1 N–H and O–H groups in total. The standard InChI is InChI=1S/C24H20N2O3/c1-15-11-12-18(14-16(15)2)26-21(19-10-6-7-13-25-19)20(23(28)24(26)29)22(27)17-8-4-3-5-9-17/h3-14,21,27H,1-2H3/b22-20+. The van der Waals surface area contributed by atoms with Crippen LogP contribution < -0.4 is 4.90 Å². The number of nitrogens with zero attached hydrogens (tertiary/aromatic N) is 2. The zero-order valence-electron chi connectivity index (χ0n) is 16.2. The van der Waals surface area contributed by atoms with Gasteiger partial charge in [-0.1, -0.05) is 42.5 Å². The summed E-state index contributed by atoms with van der Waals surface area (Å²) in [4.78, 5) is 31.8. The third kappa shape index (κ3) is 3.21. The van der Waals surface area contributed by atoms with Crippen LogP contribution >= 0.6 is 0 Å². The second kappa shape index (κ2) is 7.36. The first-order valence-corrected chi connectivity index (χ1v) is 9.33. The van der Waals surface area contributed by atoms with Crippen molar-refractivity contribution in [3.63, 3.8) is 0 Å². The van der Waals surface area contributed by atoms with E-state index in [9.17, 15) is 14.7 Å². The average Bonchev–Trinajstić information content (AvgIpc) is 3.02. The molecule has 5 heteroatoms. The average molecular weight is 384 g/mol. The van der Waals surface area contributed by atoms with Crippen LogP contribution in [0.1, 0.15) is 28.4 Å². The smallest absolute Gasteiger partial charge is 0.300 e. The van der Waals surface area contributed by atoms with Crippen molar-refractivity contribution in [1.29, 1.82) is 0 Å². The summed E-state index contributed by atoms with van der Waals surface area (Å²) in [5.41, 5.74) is 3.72. The normalized spacial score (nSPS) is 18.3. The monoisotopic (exact) mass is 384 g/mol. The van der Waals surface area contributed by atoms with E-state index in [-0.39, 0.29) is 11.3 Å². The Hall–Kier alpha value is -3.73. The minimum Gasteiger partial charge on any atom is -0.507 e. The summed E-state index contributed by atoms with van der Waals surface area (Å²) in [5.74, 6) is -1.60. The van der Waals surface area contributed by atoms with Crippen LogP contribution in [0, 0.1) is 13.8 Å². The summed E-state index contributed by atoms with van der Waals surface area (Å²) in [6.45, 7) is 3.94. The highest BCUT2D eigenvalue weighted by molar-refractivity contribution is 6.51. The summed E-state index contributed by atoms with van der Waals surface area (Å²) in [5, 5.41) is 11.0. The first-order chi connectivity index (χ1) is 14.0. The molecule has 29 heavy (non-hydrogen) atoms. The largest absolute Gasteiger partial charge is 0.507 e. The Bertz CT molecular complexity index is 1120. The number of Topliss-reactive ketones (excluding diaryl/α,β-unsaturated/α-hetero) is 1. The minimum absolute atomic E-state index is 0.0399. The lowest BCUT2D eigenvalue weighted by Crippen LogP contribution is -2.29. The third-order valence-electron chi connectivity index (χ3n) is 5.23. The Labute approximate surface area is 169 Å². The predicted molar refractivity (Wildman–Crippen MR) is 111 cm³/mol. The Balaban J connectivity index is 1.95. The van der Waals surface area contributed by atoms with Crippen molar-refractivity contribution in [2.24, 2.45) is 0 Å². The van der Waals surface area contributed by atoms with Crippen LogP contribution in [-0.2, 0) is 9.59 Å². The molecule has 0 aliphatic carbocycles. The molecule has 1 aliphatic heterocycles. The maximum Gasteiger partial charge on any atom is 0.300 e. The number of aliphatic hydroxyl groups is 1. The molecule has 1 fully saturated rings. The maximum atomic E-state index is 13.0. The third-order valence-corrected chi connectivity index (χ3v) is 5.23. The zero-order chi connectivity index (χ0) is 20.5. The molecule has 0 saturated carbocycles. The van der Waals surface area contributed by atoms with E-state index in [1.807, 2.05) is 38.1 Å². The number of aryl methyl sites for hydroxylation is 2. The first kappa shape index (κ1) is 18.6. The molecule has 4 rings (SSSR count). The van der Waals surface area contributed by atoms with Crippen molar-refractivity contribution in [1.82, 2.24) is 4.98 Å². The van der Waals surface area contributed by atoms with Crippen molar-refractivity contribution in [2.45, 2.75) is 19.9 Å². The molecule has 0 spiro atoms. The van der Waals surface area contributed by atoms with Gasteiger partial charge in [-0.05, 0) is 49.2 Å². The number of aromatic nitrogens is 1. The minimum atomic E-state index is -0.807. The van der Waals surface area contributed by atoms with Crippen LogP contribution in [0.2, 0.25) is 0 Å². The summed E-state index contributed by atoms with van der Waals surface area (Å²) < 4.78 is 0. The predicted octanol–water partition coefficient (Wildman–Crippen LogP) is 4.32. The summed E-state index contributed by atoms with van der Waals surface area (Å²) in [6.07, 6.45) is 1.61. The van der Waals surface area contributed by atoms with Crippen LogP contribution in [0.5, 0.6) is 0 Å². The van der Waals surface area contributed by atoms with Crippen LogP contribution in [0.15, 0.2) is 78.5 Å². The van der Waals surface area contributed by atoms with Gasteiger partial charge in [-0.2, -0.15) is 0 Å². The van der Waals surface area contributed by atoms with Gasteiger partial charge in [0.05, 0.1) is 11.3 Å². The number of rotatable bonds is 3. The molecule has 2 heterocycles. The van der Waals surface area contributed by atoms with Crippen molar-refractivity contribution >= 4 is 23.1 Å². The Morgan fingerprint density at radius 3 is 2.31 bits per heavy atom. The molecule has 1 amide bonds. The lowest BCUT2D eigenvalue weighted by Gasteiger charge is -2.25. The fourth-order valence-corrected chi connectivity index (χ4v) is 3.54. The van der Waals surface area contributed by atoms with E-state index in [0.29, 0.717) is 16.9 Å². The SMILES string of the molecule is Cc1ccc(N2C(=O)C(=O)/C(=C(/O)c3ccccc3)C2c2ccccn2)cc1C. The van der Waals surface area contributed by atoms with Gasteiger partial charge >= 0.3 is 0 Å². The molecule has 2 aromatic carbocycles. The van der Waals surface area contributed by atoms with E-state index in [4.69, 9.17) is 0 Å². The molecular weight excluding hydrogens is 364 g/mol. The molecule has 1 saturated heterocycles. The number of ketones is 1. The highest BCUT2D eigenvalue weighted by Crippen LogP contribution is 2.41. The Kier molecular flexibility index (Phi) is 4.72. The van der Waals surface area contributed by atoms with Crippen LogP contribution in [0.3, 0.4) is 0 Å². The van der Waals surface area contributed by atoms with Crippen molar-refractivity contribution < 1.29 is 14.7 Å². The van der Waals surface area contributed by atoms with Gasteiger partial charge in [-0.3, -0.25) is 19.5 Å². The summed E-state index contributed by atoms with van der Waals surface area (Å²) in [7, 11) is 0. The zero-order valence-corrected chi connectivity index (χ0v) is 16.2. The molecule has 1 aromatic heterocycles. The number of aliphatic hydroxyl groups excluding tert-OH is 1. The molecule has 1 aliphatic rings. The quantitative estimate of drug-likeness (QED) is 0.415. The Morgan fingerprint density at radius 1 is 0.931 bits per heavy atom. The van der Waals surface area contributed by atoms with E-state index in [1.54, 1.807) is 48.7 Å². The molecule has 144 valence electrons. The van der Waals surface area contributed by atoms with Gasteiger partial charge in [-0.15, -0.1) is 0 Å². The van der Waals surface area contributed by atoms with Crippen LogP contribution in [0.4, 0.5) is 5.69 Å². The number of hydrogen-bond donors (Lipinski definition) is 1. The van der Waals surface area contributed by atoms with Crippen LogP contribution in [0.25, 0.3) is 5.76 Å². The van der Waals surface area contributed by atoms with Gasteiger partial charge in [0.1, 0.15) is 11.8 Å². The number of amides is 1. The van der Waals surface area contributed by atoms with E-state index in [1.165, 1.54) is 4.90 Å². The van der Waals surface area contributed by atoms with Crippen molar-refractivity contribution in [3.05, 3.63) is 101 Å². The number of anilines is 1. The van der Waals surface area contributed by atoms with E-state index in [0.717, 1.165) is 11.1 Å². The number of carbonyl (C=O) groups is 2. The van der Waals surface area contributed by atoms with Gasteiger partial charge in [0.2, 0.25) is 0 Å². The van der Waals surface area contributed by atoms with E-state index in [2.05, 4.69) is 4.98 Å². The number of benzene rings is 2. The van der Waals surface area contributed by atoms with Gasteiger partial charge in [0, 0.05) is 17.4 Å². The number of carbonyl (C=O) groups excluding carboxylic acids is 2. The van der Waals surface area contributed by atoms with Crippen molar-refractivity contribution in [2.75, 3.05) is 4.90 Å². The molecule has 1 atom stereocenters. The van der Waals surface area contributed by atoms with Gasteiger partial charge in [0.15, 0.2) is 0 Å². The topological polar surface area (TPSA) is 70.5 Å². The van der Waals surface area contributed by atoms with Gasteiger partial charge in [-0.25, -0.2) is 0 Å². The molecule has 0 radical (unpaired) electrons. The van der Waals surface area contributed by atoms with Crippen molar-refractivity contribution in [3.8, 4) is 0 Å². The lowest BCUT2D eigenvalue weighted by atomic mass is 9.98. The van der Waals surface area contributed by atoms with Crippen LogP contribution in [-0.4, -0.2) is 21.8 Å². The number of hydrogen-bond acceptors (Lipinski definition) is 4. The number of pyridine rings is 1. The molecular formula is C24H20N2O3.